The van der Waals surface area contributed by atoms with Crippen LogP contribution in [0.3, 0.4) is 0 Å². The summed E-state index contributed by atoms with van der Waals surface area (Å²) in [4.78, 5) is 0. The van der Waals surface area contributed by atoms with Crippen molar-refractivity contribution >= 4 is 15.8 Å². The van der Waals surface area contributed by atoms with E-state index in [-0.39, 0.29) is 15.8 Å². The quantitative estimate of drug-likeness (QED) is 0.378. The molecule has 0 aromatic carbocycles. The molecule has 1 unspecified atom stereocenters. The Morgan fingerprint density at radius 2 is 1.21 bits per heavy atom. The van der Waals surface area contributed by atoms with E-state index in [1.54, 1.807) is 5.57 Å². The molecule has 29 heavy (non-hydrogen) atoms. The van der Waals surface area contributed by atoms with E-state index < -0.39 is 0 Å². The first-order valence-corrected chi connectivity index (χ1v) is 15.5. The van der Waals surface area contributed by atoms with E-state index in [4.69, 9.17) is 0 Å². The van der Waals surface area contributed by atoms with Gasteiger partial charge in [-0.1, -0.05) is 121 Å². The summed E-state index contributed by atoms with van der Waals surface area (Å²) in [6, 6.07) is 0. The van der Waals surface area contributed by atoms with Gasteiger partial charge in [-0.25, -0.2) is 0 Å². The molecule has 3 aliphatic rings. The monoisotopic (exact) mass is 434 g/mol. The zero-order valence-corrected chi connectivity index (χ0v) is 22.3. The summed E-state index contributed by atoms with van der Waals surface area (Å²) in [5.74, 6) is 0. The van der Waals surface area contributed by atoms with Crippen molar-refractivity contribution in [3.8, 4) is 0 Å². The molecular formula is C27H48P2. The van der Waals surface area contributed by atoms with Gasteiger partial charge in [0, 0.05) is 11.3 Å². The molecule has 2 heteroatoms. The Labute approximate surface area is 185 Å². The Morgan fingerprint density at radius 3 is 1.62 bits per heavy atom. The Bertz CT molecular complexity index is 545. The van der Waals surface area contributed by atoms with Crippen molar-refractivity contribution in [3.05, 3.63) is 23.8 Å². The van der Waals surface area contributed by atoms with Crippen LogP contribution < -0.4 is 0 Å². The van der Waals surface area contributed by atoms with E-state index in [0.717, 1.165) is 17.0 Å². The minimum absolute atomic E-state index is 0.0946. The smallest absolute Gasteiger partial charge is 0.0164 e. The second-order valence-corrected chi connectivity index (χ2v) is 19.1. The lowest BCUT2D eigenvalue weighted by molar-refractivity contribution is 0.483. The second kappa shape index (κ2) is 9.86. The Balaban J connectivity index is 1.83. The SMILES string of the molecule is C[C@H](C1=CC(P(C2CCCCC2)C2CCCCC2)C=C1)P(C(C)(C)C)C(C)(C)C. The summed E-state index contributed by atoms with van der Waals surface area (Å²) in [7, 11) is 0.0244. The van der Waals surface area contributed by atoms with Crippen LogP contribution in [0.25, 0.3) is 0 Å². The molecule has 166 valence electrons. The van der Waals surface area contributed by atoms with E-state index in [1.165, 1.54) is 64.2 Å². The summed E-state index contributed by atoms with van der Waals surface area (Å²) >= 11 is 0. The average Bonchev–Trinajstić information content (AvgIpc) is 3.11. The molecule has 0 bridgehead atoms. The lowest BCUT2D eigenvalue weighted by Gasteiger charge is -2.46. The van der Waals surface area contributed by atoms with E-state index in [1.807, 2.05) is 0 Å². The molecule has 2 atom stereocenters. The third kappa shape index (κ3) is 5.98. The molecule has 0 radical (unpaired) electrons. The minimum Gasteiger partial charge on any atom is -0.0893 e. The van der Waals surface area contributed by atoms with Crippen LogP contribution in [0.1, 0.15) is 113 Å². The lowest BCUT2D eigenvalue weighted by atomic mass is 9.99. The predicted molar refractivity (Wildman–Crippen MR) is 138 cm³/mol. The molecule has 0 aliphatic heterocycles. The van der Waals surface area contributed by atoms with Gasteiger partial charge < -0.3 is 0 Å². The largest absolute Gasteiger partial charge is 0.0893 e. The fourth-order valence-corrected chi connectivity index (χ4v) is 15.8. The second-order valence-electron chi connectivity index (χ2n) is 11.9. The first kappa shape index (κ1) is 24.0. The van der Waals surface area contributed by atoms with E-state index >= 15 is 0 Å². The summed E-state index contributed by atoms with van der Waals surface area (Å²) < 4.78 is 0. The first-order valence-electron chi connectivity index (χ1n) is 12.6. The van der Waals surface area contributed by atoms with Crippen LogP contribution >= 0.6 is 15.8 Å². The fourth-order valence-electron chi connectivity index (χ4n) is 6.84. The highest BCUT2D eigenvalue weighted by Crippen LogP contribution is 2.66. The van der Waals surface area contributed by atoms with Crippen LogP contribution in [-0.2, 0) is 0 Å². The zero-order valence-electron chi connectivity index (χ0n) is 20.5. The number of hydrogen-bond donors (Lipinski definition) is 0. The maximum Gasteiger partial charge on any atom is 0.0164 e. The van der Waals surface area contributed by atoms with E-state index in [2.05, 4.69) is 66.7 Å². The van der Waals surface area contributed by atoms with E-state index in [0.29, 0.717) is 16.0 Å². The van der Waals surface area contributed by atoms with Gasteiger partial charge in [-0.2, -0.15) is 0 Å². The van der Waals surface area contributed by atoms with Crippen LogP contribution in [-0.4, -0.2) is 32.9 Å². The van der Waals surface area contributed by atoms with Gasteiger partial charge >= 0.3 is 0 Å². The normalized spacial score (nSPS) is 26.4. The Kier molecular flexibility index (Phi) is 8.16. The van der Waals surface area contributed by atoms with Crippen molar-refractivity contribution in [2.75, 3.05) is 0 Å². The van der Waals surface area contributed by atoms with Crippen LogP contribution in [0.2, 0.25) is 0 Å². The molecular weight excluding hydrogens is 386 g/mol. The van der Waals surface area contributed by atoms with Gasteiger partial charge in [0.05, 0.1) is 0 Å². The Morgan fingerprint density at radius 1 is 0.759 bits per heavy atom. The average molecular weight is 435 g/mol. The highest BCUT2D eigenvalue weighted by molar-refractivity contribution is 7.62. The van der Waals surface area contributed by atoms with Crippen molar-refractivity contribution in [3.63, 3.8) is 0 Å². The van der Waals surface area contributed by atoms with Crippen LogP contribution in [0, 0.1) is 0 Å². The Hall–Kier alpha value is 0.340. The van der Waals surface area contributed by atoms with Crippen LogP contribution in [0.15, 0.2) is 23.8 Å². The molecule has 3 aliphatic carbocycles. The van der Waals surface area contributed by atoms with Crippen molar-refractivity contribution in [2.24, 2.45) is 0 Å². The zero-order chi connectivity index (χ0) is 21.2. The van der Waals surface area contributed by atoms with Crippen molar-refractivity contribution < 1.29 is 0 Å². The van der Waals surface area contributed by atoms with Gasteiger partial charge in [-0.05, 0) is 52.9 Å². The van der Waals surface area contributed by atoms with Crippen molar-refractivity contribution in [1.82, 2.24) is 0 Å². The summed E-state index contributed by atoms with van der Waals surface area (Å²) in [6.07, 6.45) is 23.1. The molecule has 0 spiro atoms. The first-order chi connectivity index (χ1) is 13.6. The van der Waals surface area contributed by atoms with Gasteiger partial charge in [-0.15, -0.1) is 0 Å². The number of allylic oxidation sites excluding steroid dienone is 4. The predicted octanol–water partition coefficient (Wildman–Crippen LogP) is 9.47. The van der Waals surface area contributed by atoms with Gasteiger partial charge in [0.1, 0.15) is 0 Å². The maximum atomic E-state index is 2.78. The highest BCUT2D eigenvalue weighted by atomic mass is 31.1. The molecule has 0 aromatic heterocycles. The summed E-state index contributed by atoms with van der Waals surface area (Å²) in [5, 5.41) is 0.800. The molecule has 0 aromatic rings. The number of hydrogen-bond acceptors (Lipinski definition) is 0. The van der Waals surface area contributed by atoms with Gasteiger partial charge in [-0.3, -0.25) is 0 Å². The molecule has 0 heterocycles. The van der Waals surface area contributed by atoms with Gasteiger partial charge in [0.2, 0.25) is 0 Å². The van der Waals surface area contributed by atoms with Crippen molar-refractivity contribution in [1.29, 1.82) is 0 Å². The topological polar surface area (TPSA) is 0 Å². The fraction of sp³-hybridized carbons (Fsp3) is 0.852. The molecule has 2 saturated carbocycles. The maximum absolute atomic E-state index is 2.78. The van der Waals surface area contributed by atoms with Gasteiger partial charge in [0.25, 0.3) is 0 Å². The molecule has 0 nitrogen and oxygen atoms in total. The third-order valence-corrected chi connectivity index (χ3v) is 15.2. The molecule has 3 rings (SSSR count). The summed E-state index contributed by atoms with van der Waals surface area (Å²) in [5.41, 5.74) is 5.28. The molecule has 0 amide bonds. The third-order valence-electron chi connectivity index (χ3n) is 7.50. The highest BCUT2D eigenvalue weighted by Gasteiger charge is 2.41. The summed E-state index contributed by atoms with van der Waals surface area (Å²) in [6.45, 7) is 17.4. The molecule has 2 fully saturated rings. The minimum atomic E-state index is -0.0946. The lowest BCUT2D eigenvalue weighted by Crippen LogP contribution is -2.31. The molecule has 0 saturated heterocycles. The van der Waals surface area contributed by atoms with Crippen LogP contribution in [0.5, 0.6) is 0 Å². The van der Waals surface area contributed by atoms with Gasteiger partial charge in [0.15, 0.2) is 0 Å². The van der Waals surface area contributed by atoms with E-state index in [9.17, 15) is 0 Å². The molecule has 0 N–H and O–H groups in total. The van der Waals surface area contributed by atoms with Crippen molar-refractivity contribution in [2.45, 2.75) is 146 Å². The number of rotatable bonds is 5. The van der Waals surface area contributed by atoms with Crippen LogP contribution in [0.4, 0.5) is 0 Å². The standard InChI is InChI=1S/C27H48P2/c1-21(29(26(2,3)4)27(5,6)7)22-18-19-25(20-22)28(23-14-10-8-11-15-23)24-16-12-9-13-17-24/h18-21,23-25H,8-17H2,1-7H3/t21-,25?/m1/s1.